The van der Waals surface area contributed by atoms with Crippen LogP contribution in [0, 0.1) is 0 Å². The largest absolute Gasteiger partial charge is 0.468 e. The summed E-state index contributed by atoms with van der Waals surface area (Å²) in [5.74, 6) is 0. The van der Waals surface area contributed by atoms with Crippen molar-refractivity contribution in [3.8, 4) is 0 Å². The fourth-order valence-electron chi connectivity index (χ4n) is 2.30. The molecule has 0 saturated carbocycles. The lowest BCUT2D eigenvalue weighted by Crippen LogP contribution is -1.91. The normalized spacial score (nSPS) is 11.1. The second-order valence-corrected chi connectivity index (χ2v) is 5.55. The van der Waals surface area contributed by atoms with E-state index >= 15 is 0 Å². The first-order valence-corrected chi connectivity index (χ1v) is 8.62. The Labute approximate surface area is 126 Å². The summed E-state index contributed by atoms with van der Waals surface area (Å²) in [4.78, 5) is 9.92. The van der Waals surface area contributed by atoms with E-state index in [0.29, 0.717) is 13.1 Å². The maximum atomic E-state index is 9.92. The van der Waals surface area contributed by atoms with Crippen LogP contribution in [0.25, 0.3) is 0 Å². The van der Waals surface area contributed by atoms with Crippen LogP contribution in [0.3, 0.4) is 0 Å². The summed E-state index contributed by atoms with van der Waals surface area (Å²) >= 11 is 0. The van der Waals surface area contributed by atoms with Crippen molar-refractivity contribution in [2.24, 2.45) is 0 Å². The fraction of sp³-hybridized carbons (Fsp3) is 0.833. The minimum atomic E-state index is 0.536. The molecule has 0 aliphatic carbocycles. The smallest absolute Gasteiger partial charge is 0.293 e. The van der Waals surface area contributed by atoms with E-state index in [1.165, 1.54) is 77.0 Å². The van der Waals surface area contributed by atoms with Crippen LogP contribution in [-0.2, 0) is 9.53 Å². The Balaban J connectivity index is 3.03. The first-order valence-electron chi connectivity index (χ1n) is 8.62. The standard InChI is InChI=1S/C18H34O2/c1-2-3-4-5-6-7-8-9-10-11-12-13-14-15-16-17-20-18-19/h9-10,18H,2-8,11-17H2,1H3/b10-9+. The van der Waals surface area contributed by atoms with Gasteiger partial charge in [-0.25, -0.2) is 0 Å². The molecule has 0 radical (unpaired) electrons. The van der Waals surface area contributed by atoms with Crippen molar-refractivity contribution in [3.05, 3.63) is 12.2 Å². The molecule has 0 aliphatic rings. The molecule has 118 valence electrons. The van der Waals surface area contributed by atoms with Gasteiger partial charge < -0.3 is 4.74 Å². The molecule has 0 saturated heterocycles. The fourth-order valence-corrected chi connectivity index (χ4v) is 2.30. The summed E-state index contributed by atoms with van der Waals surface area (Å²) in [6.07, 6.45) is 21.5. The van der Waals surface area contributed by atoms with Gasteiger partial charge in [0.1, 0.15) is 0 Å². The van der Waals surface area contributed by atoms with E-state index in [1.807, 2.05) is 0 Å². The van der Waals surface area contributed by atoms with Crippen molar-refractivity contribution in [1.82, 2.24) is 0 Å². The van der Waals surface area contributed by atoms with Gasteiger partial charge in [0.2, 0.25) is 0 Å². The number of ether oxygens (including phenoxy) is 1. The van der Waals surface area contributed by atoms with E-state index in [4.69, 9.17) is 0 Å². The molecule has 0 unspecified atom stereocenters. The van der Waals surface area contributed by atoms with Crippen LogP contribution in [0.5, 0.6) is 0 Å². The first-order chi connectivity index (χ1) is 9.91. The molecular formula is C18H34O2. The highest BCUT2D eigenvalue weighted by molar-refractivity contribution is 5.36. The molecule has 0 spiro atoms. The molecule has 0 aliphatic heterocycles. The van der Waals surface area contributed by atoms with Crippen LogP contribution in [0.4, 0.5) is 0 Å². The predicted octanol–water partition coefficient (Wildman–Crippen LogP) is 5.81. The summed E-state index contributed by atoms with van der Waals surface area (Å²) in [7, 11) is 0. The molecule has 2 heteroatoms. The Morgan fingerprint density at radius 2 is 1.20 bits per heavy atom. The molecule has 0 amide bonds. The van der Waals surface area contributed by atoms with E-state index in [0.717, 1.165) is 6.42 Å². The van der Waals surface area contributed by atoms with Crippen molar-refractivity contribution in [2.75, 3.05) is 6.61 Å². The van der Waals surface area contributed by atoms with Gasteiger partial charge in [0.05, 0.1) is 6.61 Å². The van der Waals surface area contributed by atoms with Crippen LogP contribution in [0.1, 0.15) is 90.4 Å². The summed E-state index contributed by atoms with van der Waals surface area (Å²) in [5.41, 5.74) is 0. The molecule has 0 atom stereocenters. The van der Waals surface area contributed by atoms with E-state index in [9.17, 15) is 4.79 Å². The first kappa shape index (κ1) is 19.2. The summed E-state index contributed by atoms with van der Waals surface area (Å²) in [5, 5.41) is 0. The quantitative estimate of drug-likeness (QED) is 0.203. The molecule has 0 aromatic heterocycles. The van der Waals surface area contributed by atoms with Gasteiger partial charge in [-0.05, 0) is 32.1 Å². The van der Waals surface area contributed by atoms with Gasteiger partial charge in [0.15, 0.2) is 0 Å². The van der Waals surface area contributed by atoms with Crippen LogP contribution < -0.4 is 0 Å². The zero-order valence-corrected chi connectivity index (χ0v) is 13.4. The highest BCUT2D eigenvalue weighted by Gasteiger charge is 1.91. The third-order valence-electron chi connectivity index (χ3n) is 3.59. The third kappa shape index (κ3) is 17.2. The Kier molecular flexibility index (Phi) is 17.5. The maximum Gasteiger partial charge on any atom is 0.293 e. The number of hydrogen-bond acceptors (Lipinski definition) is 2. The zero-order chi connectivity index (χ0) is 14.7. The van der Waals surface area contributed by atoms with E-state index < -0.39 is 0 Å². The molecular weight excluding hydrogens is 248 g/mol. The topological polar surface area (TPSA) is 26.3 Å². The van der Waals surface area contributed by atoms with E-state index in [2.05, 4.69) is 23.8 Å². The SMILES string of the molecule is CCCCCCCC/C=C/CCCCCCCOC=O. The van der Waals surface area contributed by atoms with Crippen molar-refractivity contribution >= 4 is 6.47 Å². The molecule has 0 rings (SSSR count). The van der Waals surface area contributed by atoms with Gasteiger partial charge in [-0.1, -0.05) is 70.4 Å². The molecule has 0 bridgehead atoms. The predicted molar refractivity (Wildman–Crippen MR) is 86.9 cm³/mol. The molecule has 0 heterocycles. The van der Waals surface area contributed by atoms with Gasteiger partial charge in [-0.3, -0.25) is 4.79 Å². The van der Waals surface area contributed by atoms with Crippen molar-refractivity contribution in [2.45, 2.75) is 90.4 Å². The molecule has 2 nitrogen and oxygen atoms in total. The molecule has 0 aromatic rings. The van der Waals surface area contributed by atoms with Crippen LogP contribution in [0.2, 0.25) is 0 Å². The molecule has 20 heavy (non-hydrogen) atoms. The van der Waals surface area contributed by atoms with Crippen molar-refractivity contribution < 1.29 is 9.53 Å². The Morgan fingerprint density at radius 1 is 0.700 bits per heavy atom. The third-order valence-corrected chi connectivity index (χ3v) is 3.59. The minimum Gasteiger partial charge on any atom is -0.468 e. The average molecular weight is 282 g/mol. The molecule has 0 N–H and O–H groups in total. The summed E-state index contributed by atoms with van der Waals surface area (Å²) in [6, 6.07) is 0. The Morgan fingerprint density at radius 3 is 1.75 bits per heavy atom. The average Bonchev–Trinajstić information content (AvgIpc) is 2.47. The number of carbonyl (C=O) groups is 1. The van der Waals surface area contributed by atoms with Gasteiger partial charge in [0.25, 0.3) is 6.47 Å². The van der Waals surface area contributed by atoms with Gasteiger partial charge in [0, 0.05) is 0 Å². The van der Waals surface area contributed by atoms with Crippen molar-refractivity contribution in [1.29, 1.82) is 0 Å². The van der Waals surface area contributed by atoms with Crippen molar-refractivity contribution in [3.63, 3.8) is 0 Å². The van der Waals surface area contributed by atoms with E-state index in [-0.39, 0.29) is 0 Å². The van der Waals surface area contributed by atoms with Gasteiger partial charge in [-0.15, -0.1) is 0 Å². The van der Waals surface area contributed by atoms with Crippen LogP contribution in [-0.4, -0.2) is 13.1 Å². The number of hydrogen-bond donors (Lipinski definition) is 0. The number of allylic oxidation sites excluding steroid dienone is 2. The van der Waals surface area contributed by atoms with Gasteiger partial charge in [-0.2, -0.15) is 0 Å². The lowest BCUT2D eigenvalue weighted by atomic mass is 10.1. The highest BCUT2D eigenvalue weighted by atomic mass is 16.5. The monoisotopic (exact) mass is 282 g/mol. The molecule has 0 aromatic carbocycles. The second-order valence-electron chi connectivity index (χ2n) is 5.55. The van der Waals surface area contributed by atoms with Gasteiger partial charge >= 0.3 is 0 Å². The zero-order valence-electron chi connectivity index (χ0n) is 13.4. The summed E-state index contributed by atoms with van der Waals surface area (Å²) in [6.45, 7) is 3.39. The second kappa shape index (κ2) is 18.2. The van der Waals surface area contributed by atoms with Crippen LogP contribution >= 0.6 is 0 Å². The summed E-state index contributed by atoms with van der Waals surface area (Å²) < 4.78 is 4.66. The maximum absolute atomic E-state index is 9.92. The van der Waals surface area contributed by atoms with Crippen LogP contribution in [0.15, 0.2) is 12.2 Å². The van der Waals surface area contributed by atoms with E-state index in [1.54, 1.807) is 0 Å². The lowest BCUT2D eigenvalue weighted by Gasteiger charge is -2.00. The number of carbonyl (C=O) groups excluding carboxylic acids is 1. The minimum absolute atomic E-state index is 0.536. The lowest BCUT2D eigenvalue weighted by molar-refractivity contribution is -0.128. The highest BCUT2D eigenvalue weighted by Crippen LogP contribution is 2.09. The Hall–Kier alpha value is -0.790. The number of unbranched alkanes of at least 4 members (excludes halogenated alkanes) is 11. The Bertz CT molecular complexity index is 211. The molecule has 0 fully saturated rings. The number of rotatable bonds is 16.